The minimum atomic E-state index is 0.754. The van der Waals surface area contributed by atoms with Crippen LogP contribution < -0.4 is 5.32 Å². The van der Waals surface area contributed by atoms with E-state index >= 15 is 0 Å². The monoisotopic (exact) mass is 238 g/mol. The molecule has 2 aliphatic rings. The lowest BCUT2D eigenvalue weighted by Crippen LogP contribution is -2.44. The zero-order chi connectivity index (χ0) is 12.1. The van der Waals surface area contributed by atoms with E-state index in [4.69, 9.17) is 0 Å². The number of hydrogen-bond acceptors (Lipinski definition) is 2. The smallest absolute Gasteiger partial charge is 0.00767 e. The van der Waals surface area contributed by atoms with Gasteiger partial charge in [0.25, 0.3) is 0 Å². The molecule has 1 N–H and O–H groups in total. The van der Waals surface area contributed by atoms with Crippen LogP contribution in [0.4, 0.5) is 0 Å². The molecule has 0 aromatic heterocycles. The van der Waals surface area contributed by atoms with Gasteiger partial charge < -0.3 is 10.2 Å². The lowest BCUT2D eigenvalue weighted by molar-refractivity contribution is 0.173. The molecule has 17 heavy (non-hydrogen) atoms. The second kappa shape index (κ2) is 6.75. The SMILES string of the molecule is CCC1CCN(CC2CCCC2)CC(C)CN1. The maximum Gasteiger partial charge on any atom is 0.00767 e. The molecule has 0 aromatic carbocycles. The van der Waals surface area contributed by atoms with Crippen LogP contribution in [0, 0.1) is 11.8 Å². The van der Waals surface area contributed by atoms with Crippen molar-refractivity contribution in [3.8, 4) is 0 Å². The second-order valence-electron chi connectivity index (χ2n) is 6.32. The molecule has 2 rings (SSSR count). The van der Waals surface area contributed by atoms with Crippen molar-refractivity contribution < 1.29 is 0 Å². The molecular formula is C15H30N2. The van der Waals surface area contributed by atoms with Gasteiger partial charge in [-0.05, 0) is 50.6 Å². The van der Waals surface area contributed by atoms with E-state index in [9.17, 15) is 0 Å². The molecule has 1 aliphatic carbocycles. The lowest BCUT2D eigenvalue weighted by Gasteiger charge is -2.33. The normalized spacial score (nSPS) is 33.5. The Morgan fingerprint density at radius 1 is 1.18 bits per heavy atom. The van der Waals surface area contributed by atoms with Crippen molar-refractivity contribution >= 4 is 0 Å². The molecule has 2 fully saturated rings. The first-order chi connectivity index (χ1) is 8.28. The highest BCUT2D eigenvalue weighted by Gasteiger charge is 2.22. The molecule has 100 valence electrons. The lowest BCUT2D eigenvalue weighted by atomic mass is 10.0. The second-order valence-corrected chi connectivity index (χ2v) is 6.32. The molecule has 1 saturated carbocycles. The van der Waals surface area contributed by atoms with Crippen LogP contribution in [0.25, 0.3) is 0 Å². The third-order valence-electron chi connectivity index (χ3n) is 4.60. The van der Waals surface area contributed by atoms with E-state index in [1.807, 2.05) is 0 Å². The zero-order valence-corrected chi connectivity index (χ0v) is 11.8. The van der Waals surface area contributed by atoms with Gasteiger partial charge in [0.2, 0.25) is 0 Å². The first-order valence-electron chi connectivity index (χ1n) is 7.73. The molecule has 2 heteroatoms. The van der Waals surface area contributed by atoms with Crippen molar-refractivity contribution in [2.24, 2.45) is 11.8 Å². The Bertz CT molecular complexity index is 211. The number of rotatable bonds is 3. The fraction of sp³-hybridized carbons (Fsp3) is 1.00. The van der Waals surface area contributed by atoms with E-state index in [2.05, 4.69) is 24.1 Å². The summed E-state index contributed by atoms with van der Waals surface area (Å²) in [5, 5.41) is 3.71. The summed E-state index contributed by atoms with van der Waals surface area (Å²) in [5.41, 5.74) is 0. The maximum absolute atomic E-state index is 3.71. The van der Waals surface area contributed by atoms with Gasteiger partial charge in [0, 0.05) is 19.1 Å². The topological polar surface area (TPSA) is 15.3 Å². The van der Waals surface area contributed by atoms with Crippen molar-refractivity contribution in [1.29, 1.82) is 0 Å². The van der Waals surface area contributed by atoms with Gasteiger partial charge in [-0.1, -0.05) is 26.7 Å². The van der Waals surface area contributed by atoms with Gasteiger partial charge in [0.15, 0.2) is 0 Å². The Morgan fingerprint density at radius 3 is 2.65 bits per heavy atom. The summed E-state index contributed by atoms with van der Waals surface area (Å²) in [4.78, 5) is 2.75. The summed E-state index contributed by atoms with van der Waals surface area (Å²) < 4.78 is 0. The molecule has 1 aliphatic heterocycles. The van der Waals surface area contributed by atoms with Gasteiger partial charge in [-0.2, -0.15) is 0 Å². The van der Waals surface area contributed by atoms with Crippen LogP contribution in [0.1, 0.15) is 52.4 Å². The summed E-state index contributed by atoms with van der Waals surface area (Å²) in [5.74, 6) is 1.82. The average molecular weight is 238 g/mol. The van der Waals surface area contributed by atoms with E-state index < -0.39 is 0 Å². The van der Waals surface area contributed by atoms with Crippen molar-refractivity contribution in [2.75, 3.05) is 26.2 Å². The molecule has 2 atom stereocenters. The first kappa shape index (κ1) is 13.4. The molecule has 2 unspecified atom stereocenters. The fourth-order valence-corrected chi connectivity index (χ4v) is 3.48. The van der Waals surface area contributed by atoms with E-state index in [0.717, 1.165) is 17.9 Å². The molecule has 1 saturated heterocycles. The Hall–Kier alpha value is -0.0800. The highest BCUT2D eigenvalue weighted by Crippen LogP contribution is 2.26. The van der Waals surface area contributed by atoms with Crippen LogP contribution in [0.2, 0.25) is 0 Å². The van der Waals surface area contributed by atoms with Crippen LogP contribution in [0.3, 0.4) is 0 Å². The summed E-state index contributed by atoms with van der Waals surface area (Å²) in [6.07, 6.45) is 8.56. The van der Waals surface area contributed by atoms with Gasteiger partial charge in [-0.15, -0.1) is 0 Å². The van der Waals surface area contributed by atoms with Crippen molar-refractivity contribution in [3.05, 3.63) is 0 Å². The predicted molar refractivity (Wildman–Crippen MR) is 74.3 cm³/mol. The van der Waals surface area contributed by atoms with Crippen molar-refractivity contribution in [1.82, 2.24) is 10.2 Å². The third-order valence-corrected chi connectivity index (χ3v) is 4.60. The Labute approximate surface area is 107 Å². The van der Waals surface area contributed by atoms with Crippen LogP contribution in [-0.2, 0) is 0 Å². The molecule has 0 aromatic rings. The first-order valence-corrected chi connectivity index (χ1v) is 7.73. The van der Waals surface area contributed by atoms with Gasteiger partial charge >= 0.3 is 0 Å². The van der Waals surface area contributed by atoms with E-state index in [1.165, 1.54) is 64.7 Å². The summed E-state index contributed by atoms with van der Waals surface area (Å²) in [6, 6.07) is 0.754. The van der Waals surface area contributed by atoms with Gasteiger partial charge in [-0.25, -0.2) is 0 Å². The van der Waals surface area contributed by atoms with Crippen LogP contribution in [-0.4, -0.2) is 37.1 Å². The van der Waals surface area contributed by atoms with Gasteiger partial charge in [0.05, 0.1) is 0 Å². The third kappa shape index (κ3) is 4.26. The Morgan fingerprint density at radius 2 is 1.94 bits per heavy atom. The quantitative estimate of drug-likeness (QED) is 0.813. The maximum atomic E-state index is 3.71. The van der Waals surface area contributed by atoms with Crippen LogP contribution >= 0.6 is 0 Å². The van der Waals surface area contributed by atoms with E-state index in [1.54, 1.807) is 0 Å². The minimum Gasteiger partial charge on any atom is -0.314 e. The summed E-state index contributed by atoms with van der Waals surface area (Å²) in [7, 11) is 0. The predicted octanol–water partition coefficient (Wildman–Crippen LogP) is 2.89. The zero-order valence-electron chi connectivity index (χ0n) is 11.8. The Kier molecular flexibility index (Phi) is 5.30. The van der Waals surface area contributed by atoms with Gasteiger partial charge in [0.1, 0.15) is 0 Å². The van der Waals surface area contributed by atoms with Crippen LogP contribution in [0.5, 0.6) is 0 Å². The molecule has 0 bridgehead atoms. The highest BCUT2D eigenvalue weighted by atomic mass is 15.1. The summed E-state index contributed by atoms with van der Waals surface area (Å²) >= 11 is 0. The largest absolute Gasteiger partial charge is 0.314 e. The van der Waals surface area contributed by atoms with Crippen molar-refractivity contribution in [2.45, 2.75) is 58.4 Å². The highest BCUT2D eigenvalue weighted by molar-refractivity contribution is 4.78. The minimum absolute atomic E-state index is 0.754. The number of nitrogens with one attached hydrogen (secondary N) is 1. The van der Waals surface area contributed by atoms with Gasteiger partial charge in [-0.3, -0.25) is 0 Å². The van der Waals surface area contributed by atoms with Crippen LogP contribution in [0.15, 0.2) is 0 Å². The fourth-order valence-electron chi connectivity index (χ4n) is 3.48. The average Bonchev–Trinajstić information content (AvgIpc) is 2.79. The molecule has 2 nitrogen and oxygen atoms in total. The molecule has 0 amide bonds. The molecule has 1 heterocycles. The molecular weight excluding hydrogens is 208 g/mol. The number of hydrogen-bond donors (Lipinski definition) is 1. The standard InChI is InChI=1S/C15H30N2/c1-3-15-8-9-17(11-13(2)10-16-15)12-14-6-4-5-7-14/h13-16H,3-12H2,1-2H3. The Balaban J connectivity index is 1.81. The molecule has 0 spiro atoms. The molecule has 0 radical (unpaired) electrons. The van der Waals surface area contributed by atoms with E-state index in [-0.39, 0.29) is 0 Å². The summed E-state index contributed by atoms with van der Waals surface area (Å²) in [6.45, 7) is 9.91. The van der Waals surface area contributed by atoms with E-state index in [0.29, 0.717) is 0 Å². The number of nitrogens with zero attached hydrogens (tertiary/aromatic N) is 1. The van der Waals surface area contributed by atoms with Crippen molar-refractivity contribution in [3.63, 3.8) is 0 Å².